The van der Waals surface area contributed by atoms with Gasteiger partial charge in [0.2, 0.25) is 5.54 Å². The molecule has 1 heterocycles. The Kier molecular flexibility index (Phi) is 2.73. The molecule has 1 atom stereocenters. The molecular weight excluding hydrogens is 176 g/mol. The van der Waals surface area contributed by atoms with Crippen molar-refractivity contribution >= 4 is 12.4 Å². The summed E-state index contributed by atoms with van der Waals surface area (Å²) < 4.78 is 4.39. The summed E-state index contributed by atoms with van der Waals surface area (Å²) >= 11 is 0. The van der Waals surface area contributed by atoms with Crippen molar-refractivity contribution in [3.8, 4) is 0 Å². The van der Waals surface area contributed by atoms with Crippen LogP contribution in [0.3, 0.4) is 0 Å². The fourth-order valence-electron chi connectivity index (χ4n) is 0.943. The minimum absolute atomic E-state index is 0.0131. The minimum Gasteiger partial charge on any atom is -0.479 e. The quantitative estimate of drug-likeness (QED) is 0.493. The lowest BCUT2D eigenvalue weighted by Crippen LogP contribution is -2.34. The lowest BCUT2D eigenvalue weighted by molar-refractivity contribution is -0.143. The van der Waals surface area contributed by atoms with Crippen molar-refractivity contribution in [1.82, 2.24) is 0 Å². The van der Waals surface area contributed by atoms with E-state index in [1.807, 2.05) is 0 Å². The average molecular weight is 184 g/mol. The summed E-state index contributed by atoms with van der Waals surface area (Å²) in [7, 11) is 0. The molecule has 0 saturated carbocycles. The molecule has 0 aromatic carbocycles. The van der Waals surface area contributed by atoms with Gasteiger partial charge in [-0.2, -0.15) is 10.2 Å². The number of ether oxygens (including phenoxy) is 1. The highest BCUT2D eigenvalue weighted by atomic mass is 16.5. The third kappa shape index (κ3) is 1.90. The fourth-order valence-corrected chi connectivity index (χ4v) is 0.943. The van der Waals surface area contributed by atoms with Gasteiger partial charge in [-0.3, -0.25) is 4.79 Å². The van der Waals surface area contributed by atoms with Crippen LogP contribution in [-0.2, 0) is 14.3 Å². The number of carbonyl (C=O) groups excluding carboxylic acids is 1. The molecule has 0 aromatic heterocycles. The molecule has 1 N–H and O–H groups in total. The molecule has 6 heteroatoms. The number of hydrogen-bond donors (Lipinski definition) is 1. The van der Waals surface area contributed by atoms with Crippen molar-refractivity contribution < 1.29 is 19.4 Å². The van der Waals surface area contributed by atoms with Crippen molar-refractivity contribution in [1.29, 1.82) is 0 Å². The molecule has 0 amide bonds. The predicted molar refractivity (Wildman–Crippen MR) is 41.0 cm³/mol. The van der Waals surface area contributed by atoms with Crippen LogP contribution >= 0.6 is 0 Å². The lowest BCUT2D eigenvalue weighted by Gasteiger charge is -2.15. The van der Waals surface area contributed by atoms with E-state index in [4.69, 9.17) is 5.11 Å². The second kappa shape index (κ2) is 3.79. The Balaban J connectivity index is 2.59. The van der Waals surface area contributed by atoms with Crippen LogP contribution in [0.5, 0.6) is 0 Å². The molecule has 0 aromatic rings. The molecule has 70 valence electrons. The zero-order chi connectivity index (χ0) is 9.73. The largest absolute Gasteiger partial charge is 0.479 e. The first-order chi connectivity index (χ1) is 6.21. The standard InChI is InChI=1S/C7H8N2O4/c10-5-13-4-2-7(6(11)12)1-3-8-9-7/h1,3,5H,2,4H2,(H,11,12). The van der Waals surface area contributed by atoms with Crippen molar-refractivity contribution in [2.75, 3.05) is 6.61 Å². The third-order valence-corrected chi connectivity index (χ3v) is 1.69. The van der Waals surface area contributed by atoms with Gasteiger partial charge < -0.3 is 9.84 Å². The third-order valence-electron chi connectivity index (χ3n) is 1.69. The molecule has 0 saturated heterocycles. The van der Waals surface area contributed by atoms with Crippen molar-refractivity contribution in [2.45, 2.75) is 12.0 Å². The Labute approximate surface area is 73.9 Å². The second-order valence-corrected chi connectivity index (χ2v) is 2.48. The number of hydrogen-bond acceptors (Lipinski definition) is 5. The summed E-state index contributed by atoms with van der Waals surface area (Å²) in [4.78, 5) is 20.6. The summed E-state index contributed by atoms with van der Waals surface area (Å²) in [6.07, 6.45) is 2.78. The average Bonchev–Trinajstić information content (AvgIpc) is 2.55. The number of carboxylic acids is 1. The molecule has 1 unspecified atom stereocenters. The molecule has 0 spiro atoms. The molecule has 0 aliphatic carbocycles. The molecule has 1 aliphatic heterocycles. The molecule has 0 fully saturated rings. The van der Waals surface area contributed by atoms with E-state index in [0.29, 0.717) is 0 Å². The van der Waals surface area contributed by atoms with Crippen molar-refractivity contribution in [2.24, 2.45) is 10.2 Å². The van der Waals surface area contributed by atoms with Gasteiger partial charge in [0, 0.05) is 12.6 Å². The molecule has 1 aliphatic rings. The van der Waals surface area contributed by atoms with Gasteiger partial charge in [-0.05, 0) is 6.08 Å². The van der Waals surface area contributed by atoms with Gasteiger partial charge in [-0.15, -0.1) is 0 Å². The van der Waals surface area contributed by atoms with Gasteiger partial charge >= 0.3 is 5.97 Å². The van der Waals surface area contributed by atoms with Gasteiger partial charge in [0.1, 0.15) is 0 Å². The van der Waals surface area contributed by atoms with E-state index in [9.17, 15) is 9.59 Å². The summed E-state index contributed by atoms with van der Waals surface area (Å²) in [5.41, 5.74) is -1.34. The van der Waals surface area contributed by atoms with Crippen molar-refractivity contribution in [3.63, 3.8) is 0 Å². The first-order valence-electron chi connectivity index (χ1n) is 3.60. The molecule has 0 radical (unpaired) electrons. The summed E-state index contributed by atoms with van der Waals surface area (Å²) in [6, 6.07) is 0. The second-order valence-electron chi connectivity index (χ2n) is 2.48. The van der Waals surface area contributed by atoms with E-state index < -0.39 is 11.5 Å². The van der Waals surface area contributed by atoms with E-state index in [-0.39, 0.29) is 19.5 Å². The monoisotopic (exact) mass is 184 g/mol. The van der Waals surface area contributed by atoms with Gasteiger partial charge in [-0.1, -0.05) is 0 Å². The van der Waals surface area contributed by atoms with Crippen LogP contribution < -0.4 is 0 Å². The predicted octanol–water partition coefficient (Wildman–Crippen LogP) is 0.352. The number of azo groups is 1. The summed E-state index contributed by atoms with van der Waals surface area (Å²) in [5, 5.41) is 15.8. The topological polar surface area (TPSA) is 88.3 Å². The highest BCUT2D eigenvalue weighted by Gasteiger charge is 2.38. The fraction of sp³-hybridized carbons (Fsp3) is 0.429. The Morgan fingerprint density at radius 3 is 2.92 bits per heavy atom. The number of rotatable bonds is 5. The van der Waals surface area contributed by atoms with Crippen LogP contribution in [0.15, 0.2) is 22.5 Å². The Bertz CT molecular complexity index is 260. The van der Waals surface area contributed by atoms with Crippen LogP contribution in [0.4, 0.5) is 0 Å². The normalized spacial score (nSPS) is 24.6. The highest BCUT2D eigenvalue weighted by molar-refractivity contribution is 5.82. The molecule has 1 rings (SSSR count). The summed E-state index contributed by atoms with van der Waals surface area (Å²) in [6.45, 7) is 0.282. The van der Waals surface area contributed by atoms with Gasteiger partial charge in [0.25, 0.3) is 6.47 Å². The number of carboxylic acid groups (broad SMARTS) is 1. The minimum atomic E-state index is -1.34. The van der Waals surface area contributed by atoms with Crippen LogP contribution in [0, 0.1) is 0 Å². The highest BCUT2D eigenvalue weighted by Crippen LogP contribution is 2.23. The van der Waals surface area contributed by atoms with Gasteiger partial charge in [0.15, 0.2) is 0 Å². The van der Waals surface area contributed by atoms with Crippen LogP contribution in [0.25, 0.3) is 0 Å². The number of nitrogens with zero attached hydrogens (tertiary/aromatic N) is 2. The van der Waals surface area contributed by atoms with E-state index in [1.165, 1.54) is 12.3 Å². The van der Waals surface area contributed by atoms with Crippen LogP contribution in [-0.4, -0.2) is 29.7 Å². The number of aliphatic carboxylic acids is 1. The maximum absolute atomic E-state index is 10.8. The van der Waals surface area contributed by atoms with E-state index in [2.05, 4.69) is 15.0 Å². The number of carbonyl (C=O) groups is 2. The molecule has 0 bridgehead atoms. The summed E-state index contributed by atoms with van der Waals surface area (Å²) in [5.74, 6) is -1.10. The van der Waals surface area contributed by atoms with Gasteiger partial charge in [0.05, 0.1) is 6.61 Å². The maximum Gasteiger partial charge on any atom is 0.337 e. The molecule has 13 heavy (non-hydrogen) atoms. The Morgan fingerprint density at radius 1 is 1.69 bits per heavy atom. The SMILES string of the molecule is O=COCCC1(C(=O)O)C=CN=N1. The van der Waals surface area contributed by atoms with E-state index in [0.717, 1.165) is 0 Å². The Morgan fingerprint density at radius 2 is 2.46 bits per heavy atom. The lowest BCUT2D eigenvalue weighted by atomic mass is 9.98. The van der Waals surface area contributed by atoms with Crippen LogP contribution in [0.2, 0.25) is 0 Å². The zero-order valence-electron chi connectivity index (χ0n) is 6.71. The van der Waals surface area contributed by atoms with E-state index >= 15 is 0 Å². The van der Waals surface area contributed by atoms with Crippen LogP contribution in [0.1, 0.15) is 6.42 Å². The van der Waals surface area contributed by atoms with Crippen molar-refractivity contribution in [3.05, 3.63) is 12.3 Å². The van der Waals surface area contributed by atoms with Gasteiger partial charge in [-0.25, -0.2) is 4.79 Å². The smallest absolute Gasteiger partial charge is 0.337 e. The first kappa shape index (κ1) is 9.37. The molecule has 6 nitrogen and oxygen atoms in total. The molecular formula is C7H8N2O4. The Hall–Kier alpha value is -1.72. The zero-order valence-corrected chi connectivity index (χ0v) is 6.71. The van der Waals surface area contributed by atoms with E-state index in [1.54, 1.807) is 0 Å². The first-order valence-corrected chi connectivity index (χ1v) is 3.60. The maximum atomic E-state index is 10.8.